The monoisotopic (exact) mass is 435 g/mol. The van der Waals surface area contributed by atoms with Crippen molar-refractivity contribution in [3.63, 3.8) is 0 Å². The normalized spacial score (nSPS) is 11.0. The van der Waals surface area contributed by atoms with Crippen LogP contribution >= 0.6 is 11.6 Å². The summed E-state index contributed by atoms with van der Waals surface area (Å²) >= 11 is 6.10. The number of hydrogen-bond donors (Lipinski definition) is 1. The summed E-state index contributed by atoms with van der Waals surface area (Å²) in [6.45, 7) is 5.30. The SMILES string of the molecule is Cc1c(OC(=O)OC(C)C)ncc2[nH]c3ccc(Oc4cccc(Cl)c4C#N)cc3c12. The van der Waals surface area contributed by atoms with Crippen LogP contribution in [0.15, 0.2) is 42.6 Å². The molecule has 4 aromatic rings. The summed E-state index contributed by atoms with van der Waals surface area (Å²) in [5.41, 5.74) is 2.60. The van der Waals surface area contributed by atoms with Gasteiger partial charge in [0, 0.05) is 21.9 Å². The number of nitrogens with zero attached hydrogens (tertiary/aromatic N) is 2. The first-order chi connectivity index (χ1) is 14.9. The number of fused-ring (bicyclic) bond motifs is 3. The Balaban J connectivity index is 1.76. The molecule has 4 rings (SSSR count). The van der Waals surface area contributed by atoms with E-state index in [4.69, 9.17) is 25.8 Å². The molecule has 0 aliphatic carbocycles. The van der Waals surface area contributed by atoms with Crippen molar-refractivity contribution in [1.82, 2.24) is 9.97 Å². The number of carbonyl (C=O) groups is 1. The Morgan fingerprint density at radius 3 is 2.77 bits per heavy atom. The van der Waals surface area contributed by atoms with Crippen molar-refractivity contribution in [2.45, 2.75) is 26.9 Å². The van der Waals surface area contributed by atoms with E-state index in [9.17, 15) is 10.1 Å². The van der Waals surface area contributed by atoms with Crippen LogP contribution < -0.4 is 9.47 Å². The summed E-state index contributed by atoms with van der Waals surface area (Å²) in [7, 11) is 0. The molecule has 0 spiro atoms. The smallest absolute Gasteiger partial charge is 0.456 e. The lowest BCUT2D eigenvalue weighted by Crippen LogP contribution is -2.16. The van der Waals surface area contributed by atoms with Gasteiger partial charge in [0.15, 0.2) is 0 Å². The van der Waals surface area contributed by atoms with Crippen molar-refractivity contribution in [3.8, 4) is 23.4 Å². The molecule has 0 saturated heterocycles. The number of aromatic nitrogens is 2. The molecule has 1 N–H and O–H groups in total. The van der Waals surface area contributed by atoms with Gasteiger partial charge in [-0.25, -0.2) is 9.78 Å². The average Bonchev–Trinajstić information content (AvgIpc) is 3.08. The van der Waals surface area contributed by atoms with Crippen LogP contribution in [0, 0.1) is 18.3 Å². The maximum Gasteiger partial charge on any atom is 0.515 e. The van der Waals surface area contributed by atoms with Gasteiger partial charge in [-0.15, -0.1) is 0 Å². The van der Waals surface area contributed by atoms with E-state index < -0.39 is 6.16 Å². The predicted octanol–water partition coefficient (Wildman–Crippen LogP) is 6.27. The molecule has 7 nitrogen and oxygen atoms in total. The highest BCUT2D eigenvalue weighted by molar-refractivity contribution is 6.32. The summed E-state index contributed by atoms with van der Waals surface area (Å²) < 4.78 is 16.3. The molecule has 0 amide bonds. The van der Waals surface area contributed by atoms with E-state index in [0.29, 0.717) is 22.1 Å². The fraction of sp³-hybridized carbons (Fsp3) is 0.174. The van der Waals surface area contributed by atoms with Gasteiger partial charge in [0.1, 0.15) is 23.1 Å². The zero-order valence-corrected chi connectivity index (χ0v) is 17.8. The number of aromatic amines is 1. The van der Waals surface area contributed by atoms with E-state index in [1.165, 1.54) is 0 Å². The number of rotatable bonds is 4. The predicted molar refractivity (Wildman–Crippen MR) is 117 cm³/mol. The Morgan fingerprint density at radius 1 is 1.23 bits per heavy atom. The molecule has 8 heteroatoms. The summed E-state index contributed by atoms with van der Waals surface area (Å²) in [6.07, 6.45) is 0.499. The fourth-order valence-electron chi connectivity index (χ4n) is 3.31. The van der Waals surface area contributed by atoms with Gasteiger partial charge in [0.25, 0.3) is 0 Å². The number of nitriles is 1. The van der Waals surface area contributed by atoms with E-state index in [-0.39, 0.29) is 17.5 Å². The largest absolute Gasteiger partial charge is 0.515 e. The minimum absolute atomic E-state index is 0.173. The number of carbonyl (C=O) groups excluding carboxylic acids is 1. The topological polar surface area (TPSA) is 97.2 Å². The molecule has 156 valence electrons. The molecule has 2 aromatic heterocycles. The van der Waals surface area contributed by atoms with Gasteiger partial charge in [0.2, 0.25) is 5.88 Å². The molecule has 2 heterocycles. The molecular weight excluding hydrogens is 418 g/mol. The number of ether oxygens (including phenoxy) is 3. The van der Waals surface area contributed by atoms with Gasteiger partial charge in [0.05, 0.1) is 22.8 Å². The summed E-state index contributed by atoms with van der Waals surface area (Å²) in [6, 6.07) is 12.6. The number of H-pyrrole nitrogens is 1. The van der Waals surface area contributed by atoms with Crippen molar-refractivity contribution < 1.29 is 19.0 Å². The minimum Gasteiger partial charge on any atom is -0.456 e. The van der Waals surface area contributed by atoms with Gasteiger partial charge in [-0.2, -0.15) is 5.26 Å². The van der Waals surface area contributed by atoms with Crippen LogP contribution in [0.25, 0.3) is 21.8 Å². The lowest BCUT2D eigenvalue weighted by molar-refractivity contribution is 0.0714. The third-order valence-corrected chi connectivity index (χ3v) is 4.95. The fourth-order valence-corrected chi connectivity index (χ4v) is 3.51. The van der Waals surface area contributed by atoms with Gasteiger partial charge >= 0.3 is 6.16 Å². The minimum atomic E-state index is -0.807. The highest BCUT2D eigenvalue weighted by atomic mass is 35.5. The van der Waals surface area contributed by atoms with Crippen LogP contribution in [0.1, 0.15) is 25.0 Å². The lowest BCUT2D eigenvalue weighted by Gasteiger charge is -2.10. The Hall–Kier alpha value is -3.76. The first kappa shape index (κ1) is 20.5. The number of aryl methyl sites for hydroxylation is 1. The molecule has 0 atom stereocenters. The van der Waals surface area contributed by atoms with Crippen LogP contribution in [0.5, 0.6) is 17.4 Å². The maximum absolute atomic E-state index is 11.9. The van der Waals surface area contributed by atoms with Crippen LogP contribution in [-0.2, 0) is 4.74 Å². The highest BCUT2D eigenvalue weighted by Crippen LogP contribution is 2.36. The van der Waals surface area contributed by atoms with Crippen LogP contribution in [0.2, 0.25) is 5.02 Å². The summed E-state index contributed by atoms with van der Waals surface area (Å²) in [5.74, 6) is 1.07. The Kier molecular flexibility index (Phi) is 5.40. The molecule has 0 fully saturated rings. The van der Waals surface area contributed by atoms with Crippen molar-refractivity contribution >= 4 is 39.6 Å². The lowest BCUT2D eigenvalue weighted by atomic mass is 10.1. The van der Waals surface area contributed by atoms with Crippen molar-refractivity contribution in [3.05, 3.63) is 58.7 Å². The van der Waals surface area contributed by atoms with Gasteiger partial charge in [-0.1, -0.05) is 17.7 Å². The highest BCUT2D eigenvalue weighted by Gasteiger charge is 2.17. The zero-order valence-electron chi connectivity index (χ0n) is 17.0. The van der Waals surface area contributed by atoms with Crippen LogP contribution in [-0.4, -0.2) is 22.2 Å². The van der Waals surface area contributed by atoms with Crippen LogP contribution in [0.3, 0.4) is 0 Å². The molecule has 0 bridgehead atoms. The van der Waals surface area contributed by atoms with E-state index in [1.807, 2.05) is 19.1 Å². The average molecular weight is 436 g/mol. The van der Waals surface area contributed by atoms with Crippen molar-refractivity contribution in [2.24, 2.45) is 0 Å². The molecule has 0 aliphatic rings. The van der Waals surface area contributed by atoms with Gasteiger partial charge in [-0.3, -0.25) is 0 Å². The molecule has 0 saturated carbocycles. The van der Waals surface area contributed by atoms with Gasteiger partial charge < -0.3 is 19.2 Å². The van der Waals surface area contributed by atoms with E-state index in [0.717, 1.165) is 21.8 Å². The third-order valence-electron chi connectivity index (χ3n) is 4.63. The molecule has 2 aromatic carbocycles. The zero-order chi connectivity index (χ0) is 22.1. The van der Waals surface area contributed by atoms with Gasteiger partial charge in [-0.05, 0) is 51.1 Å². The second-order valence-electron chi connectivity index (χ2n) is 7.15. The van der Waals surface area contributed by atoms with E-state index in [1.54, 1.807) is 44.3 Å². The summed E-state index contributed by atoms with van der Waals surface area (Å²) in [4.78, 5) is 19.4. The molecule has 0 radical (unpaired) electrons. The molecular formula is C23H18ClN3O4. The van der Waals surface area contributed by atoms with E-state index in [2.05, 4.69) is 16.0 Å². The number of halogens is 1. The van der Waals surface area contributed by atoms with Crippen molar-refractivity contribution in [2.75, 3.05) is 0 Å². The molecule has 0 unspecified atom stereocenters. The Bertz CT molecular complexity index is 1350. The second kappa shape index (κ2) is 8.17. The van der Waals surface area contributed by atoms with Crippen LogP contribution in [0.4, 0.5) is 4.79 Å². The number of hydrogen-bond acceptors (Lipinski definition) is 6. The molecule has 31 heavy (non-hydrogen) atoms. The summed E-state index contributed by atoms with van der Waals surface area (Å²) in [5, 5.41) is 11.4. The molecule has 0 aliphatic heterocycles. The maximum atomic E-state index is 11.9. The standard InChI is InChI=1S/C23H18ClN3O4/c1-12(2)29-23(28)31-22-13(3)21-15-9-14(7-8-18(15)27-19(21)11-26-22)30-20-6-4-5-17(24)16(20)10-25/h4-9,11-12,27H,1-3H3. The first-order valence-corrected chi connectivity index (χ1v) is 9.91. The Morgan fingerprint density at radius 2 is 2.03 bits per heavy atom. The number of pyridine rings is 1. The Labute approximate surface area is 183 Å². The second-order valence-corrected chi connectivity index (χ2v) is 7.56. The third kappa shape index (κ3) is 3.98. The van der Waals surface area contributed by atoms with Crippen molar-refractivity contribution in [1.29, 1.82) is 5.26 Å². The quantitative estimate of drug-likeness (QED) is 0.379. The first-order valence-electron chi connectivity index (χ1n) is 9.53. The number of nitrogens with one attached hydrogen (secondary N) is 1. The number of benzene rings is 2. The van der Waals surface area contributed by atoms with E-state index >= 15 is 0 Å².